The number of benzene rings is 1. The quantitative estimate of drug-likeness (QED) is 0.896. The maximum absolute atomic E-state index is 10.1. The third kappa shape index (κ3) is 3.03. The Bertz CT molecular complexity index is 354. The molecule has 0 spiro atoms. The van der Waals surface area contributed by atoms with E-state index in [1.165, 1.54) is 4.90 Å². The van der Waals surface area contributed by atoms with Gasteiger partial charge in [0.15, 0.2) is 0 Å². The Hall–Kier alpha value is -0.510. The molecule has 94 valence electrons. The van der Waals surface area contributed by atoms with Crippen molar-refractivity contribution in [1.82, 2.24) is 0 Å². The highest BCUT2D eigenvalue weighted by Gasteiger charge is 2.39. The number of hydrogen-bond donors (Lipinski definition) is 1. The van der Waals surface area contributed by atoms with Crippen molar-refractivity contribution >= 4 is 11.8 Å². The minimum atomic E-state index is -0.359. The van der Waals surface area contributed by atoms with E-state index in [2.05, 4.69) is 24.3 Å². The van der Waals surface area contributed by atoms with Crippen molar-refractivity contribution < 1.29 is 9.84 Å². The van der Waals surface area contributed by atoms with Crippen LogP contribution >= 0.6 is 11.8 Å². The number of rotatable bonds is 3. The predicted molar refractivity (Wildman–Crippen MR) is 71.4 cm³/mol. The lowest BCUT2D eigenvalue weighted by molar-refractivity contribution is -0.110. The average Bonchev–Trinajstić information content (AvgIpc) is 2.35. The van der Waals surface area contributed by atoms with E-state index < -0.39 is 0 Å². The van der Waals surface area contributed by atoms with Gasteiger partial charge in [0.2, 0.25) is 0 Å². The molecule has 3 heteroatoms. The summed E-state index contributed by atoms with van der Waals surface area (Å²) < 4.78 is 5.43. The molecule has 3 atom stereocenters. The van der Waals surface area contributed by atoms with E-state index in [9.17, 15) is 5.11 Å². The fourth-order valence-electron chi connectivity index (χ4n) is 2.27. The fraction of sp³-hybridized carbons (Fsp3) is 0.571. The van der Waals surface area contributed by atoms with E-state index in [4.69, 9.17) is 4.74 Å². The second-order valence-corrected chi connectivity index (χ2v) is 6.23. The first kappa shape index (κ1) is 12.9. The highest BCUT2D eigenvalue weighted by atomic mass is 32.2. The molecular formula is C14H20O2S. The number of ether oxygens (including phenoxy) is 1. The third-order valence-corrected chi connectivity index (χ3v) is 4.97. The zero-order chi connectivity index (χ0) is 12.3. The van der Waals surface area contributed by atoms with Gasteiger partial charge in [-0.05, 0) is 38.3 Å². The lowest BCUT2D eigenvalue weighted by Crippen LogP contribution is -2.46. The summed E-state index contributed by atoms with van der Waals surface area (Å²) in [6.45, 7) is 2.00. The van der Waals surface area contributed by atoms with Gasteiger partial charge in [0.1, 0.15) is 0 Å². The van der Waals surface area contributed by atoms with Crippen molar-refractivity contribution in [2.75, 3.05) is 7.11 Å². The van der Waals surface area contributed by atoms with Gasteiger partial charge in [0.25, 0.3) is 0 Å². The number of thioether (sulfide) groups is 1. The van der Waals surface area contributed by atoms with Crippen molar-refractivity contribution in [3.05, 3.63) is 30.3 Å². The second-order valence-electron chi connectivity index (χ2n) is 4.86. The molecule has 1 fully saturated rings. The van der Waals surface area contributed by atoms with Crippen LogP contribution in [0.25, 0.3) is 0 Å². The molecule has 1 N–H and O–H groups in total. The smallest absolute Gasteiger partial charge is 0.0909 e. The SMILES string of the molecule is CO[C@]1(C)CC[C@@H](Sc2ccccc2)C[C@H]1O. The molecule has 0 aromatic heterocycles. The van der Waals surface area contributed by atoms with E-state index in [1.54, 1.807) is 7.11 Å². The van der Waals surface area contributed by atoms with E-state index in [0.717, 1.165) is 19.3 Å². The van der Waals surface area contributed by atoms with E-state index in [-0.39, 0.29) is 11.7 Å². The van der Waals surface area contributed by atoms with Gasteiger partial charge in [-0.3, -0.25) is 0 Å². The third-order valence-electron chi connectivity index (χ3n) is 3.67. The van der Waals surface area contributed by atoms with Gasteiger partial charge in [-0.25, -0.2) is 0 Å². The number of methoxy groups -OCH3 is 1. The van der Waals surface area contributed by atoms with Gasteiger partial charge in [-0.15, -0.1) is 11.8 Å². The predicted octanol–water partition coefficient (Wildman–Crippen LogP) is 3.10. The fourth-order valence-corrected chi connectivity index (χ4v) is 3.48. The number of aliphatic hydroxyl groups is 1. The van der Waals surface area contributed by atoms with E-state index in [0.29, 0.717) is 5.25 Å². The Morgan fingerprint density at radius 1 is 1.35 bits per heavy atom. The molecule has 0 amide bonds. The number of hydrogen-bond acceptors (Lipinski definition) is 3. The second kappa shape index (κ2) is 5.42. The van der Waals surface area contributed by atoms with Gasteiger partial charge < -0.3 is 9.84 Å². The van der Waals surface area contributed by atoms with Crippen LogP contribution in [0.3, 0.4) is 0 Å². The summed E-state index contributed by atoms with van der Waals surface area (Å²) in [6, 6.07) is 10.4. The van der Waals surface area contributed by atoms with E-state index in [1.807, 2.05) is 24.8 Å². The highest BCUT2D eigenvalue weighted by molar-refractivity contribution is 8.00. The van der Waals surface area contributed by atoms with Crippen molar-refractivity contribution in [2.45, 2.75) is 48.0 Å². The van der Waals surface area contributed by atoms with Crippen molar-refractivity contribution in [2.24, 2.45) is 0 Å². The summed E-state index contributed by atoms with van der Waals surface area (Å²) in [4.78, 5) is 1.28. The summed E-state index contributed by atoms with van der Waals surface area (Å²) in [6.07, 6.45) is 2.47. The van der Waals surface area contributed by atoms with Crippen LogP contribution in [0.2, 0.25) is 0 Å². The molecule has 0 unspecified atom stereocenters. The van der Waals surface area contributed by atoms with Crippen LogP contribution in [-0.2, 0) is 4.74 Å². The molecule has 17 heavy (non-hydrogen) atoms. The normalized spacial score (nSPS) is 33.6. The summed E-state index contributed by atoms with van der Waals surface area (Å²) in [5.74, 6) is 0. The molecule has 0 heterocycles. The van der Waals surface area contributed by atoms with Crippen molar-refractivity contribution in [3.63, 3.8) is 0 Å². The Morgan fingerprint density at radius 2 is 2.06 bits per heavy atom. The highest BCUT2D eigenvalue weighted by Crippen LogP contribution is 2.39. The zero-order valence-corrected chi connectivity index (χ0v) is 11.2. The molecule has 1 aliphatic rings. The van der Waals surface area contributed by atoms with E-state index >= 15 is 0 Å². The standard InChI is InChI=1S/C14H20O2S/c1-14(16-2)9-8-12(10-13(14)15)17-11-6-4-3-5-7-11/h3-7,12-13,15H,8-10H2,1-2H3/t12-,13-,14-/m1/s1. The molecule has 0 saturated heterocycles. The first-order valence-electron chi connectivity index (χ1n) is 6.09. The average molecular weight is 252 g/mol. The lowest BCUT2D eigenvalue weighted by atomic mass is 9.83. The summed E-state index contributed by atoms with van der Waals surface area (Å²) in [5.41, 5.74) is -0.353. The molecule has 2 rings (SSSR count). The molecule has 0 radical (unpaired) electrons. The van der Waals surface area contributed by atoms with Gasteiger partial charge in [0, 0.05) is 17.3 Å². The Labute approximate surface area is 107 Å². The number of aliphatic hydroxyl groups excluding tert-OH is 1. The van der Waals surface area contributed by atoms with Gasteiger partial charge >= 0.3 is 0 Å². The molecule has 1 aromatic rings. The van der Waals surface area contributed by atoms with Crippen LogP contribution in [0.15, 0.2) is 35.2 Å². The summed E-state index contributed by atoms with van der Waals surface area (Å²) >= 11 is 1.86. The van der Waals surface area contributed by atoms with Crippen LogP contribution < -0.4 is 0 Å². The van der Waals surface area contributed by atoms with Gasteiger partial charge in [-0.2, -0.15) is 0 Å². The van der Waals surface area contributed by atoms with Crippen LogP contribution in [0, 0.1) is 0 Å². The van der Waals surface area contributed by atoms with Crippen LogP contribution in [-0.4, -0.2) is 29.2 Å². The Balaban J connectivity index is 1.94. The first-order chi connectivity index (χ1) is 8.14. The van der Waals surface area contributed by atoms with Crippen LogP contribution in [0.1, 0.15) is 26.2 Å². The maximum Gasteiger partial charge on any atom is 0.0909 e. The molecule has 0 aliphatic heterocycles. The van der Waals surface area contributed by atoms with Crippen molar-refractivity contribution in [3.8, 4) is 0 Å². The summed E-state index contributed by atoms with van der Waals surface area (Å²) in [7, 11) is 1.69. The minimum absolute atomic E-state index is 0.353. The molecule has 1 aliphatic carbocycles. The van der Waals surface area contributed by atoms with Crippen molar-refractivity contribution in [1.29, 1.82) is 0 Å². The molecule has 1 saturated carbocycles. The Kier molecular flexibility index (Phi) is 4.13. The zero-order valence-electron chi connectivity index (χ0n) is 10.4. The first-order valence-corrected chi connectivity index (χ1v) is 6.97. The van der Waals surface area contributed by atoms with Crippen LogP contribution in [0.5, 0.6) is 0 Å². The van der Waals surface area contributed by atoms with Gasteiger partial charge in [0.05, 0.1) is 11.7 Å². The topological polar surface area (TPSA) is 29.5 Å². The van der Waals surface area contributed by atoms with Gasteiger partial charge in [-0.1, -0.05) is 18.2 Å². The summed E-state index contributed by atoms with van der Waals surface area (Å²) in [5, 5.41) is 10.6. The largest absolute Gasteiger partial charge is 0.390 e. The molecular weight excluding hydrogens is 232 g/mol. The molecule has 0 bridgehead atoms. The minimum Gasteiger partial charge on any atom is -0.390 e. The lowest BCUT2D eigenvalue weighted by Gasteiger charge is -2.40. The maximum atomic E-state index is 10.1. The molecule has 1 aromatic carbocycles. The Morgan fingerprint density at radius 3 is 2.65 bits per heavy atom. The monoisotopic (exact) mass is 252 g/mol. The van der Waals surface area contributed by atoms with Crippen LogP contribution in [0.4, 0.5) is 0 Å². The molecule has 2 nitrogen and oxygen atoms in total.